The van der Waals surface area contributed by atoms with Gasteiger partial charge in [0.05, 0.1) is 0 Å². The summed E-state index contributed by atoms with van der Waals surface area (Å²) in [6, 6.07) is 11.7. The summed E-state index contributed by atoms with van der Waals surface area (Å²) < 4.78 is 13.1. The van der Waals surface area contributed by atoms with Crippen LogP contribution in [0.2, 0.25) is 10.0 Å². The Morgan fingerprint density at radius 1 is 1.05 bits per heavy atom. The van der Waals surface area contributed by atoms with Crippen LogP contribution >= 0.6 is 23.2 Å². The van der Waals surface area contributed by atoms with Crippen LogP contribution in [0.25, 0.3) is 0 Å². The SMILES string of the molecule is NC(Cc1cccc(F)c1)Cc1ccc(Cl)cc1Cl. The number of halogens is 3. The molecular formula is C15H14Cl2FN. The lowest BCUT2D eigenvalue weighted by Crippen LogP contribution is -2.25. The highest BCUT2D eigenvalue weighted by Crippen LogP contribution is 2.22. The minimum atomic E-state index is -0.241. The molecule has 19 heavy (non-hydrogen) atoms. The summed E-state index contributed by atoms with van der Waals surface area (Å²) >= 11 is 11.9. The smallest absolute Gasteiger partial charge is 0.123 e. The molecule has 1 unspecified atom stereocenters. The molecule has 2 rings (SSSR count). The predicted molar refractivity (Wildman–Crippen MR) is 78.2 cm³/mol. The molecule has 1 atom stereocenters. The van der Waals surface area contributed by atoms with Crippen LogP contribution < -0.4 is 5.73 Å². The van der Waals surface area contributed by atoms with E-state index < -0.39 is 0 Å². The van der Waals surface area contributed by atoms with Gasteiger partial charge < -0.3 is 5.73 Å². The van der Waals surface area contributed by atoms with Gasteiger partial charge in [0, 0.05) is 16.1 Å². The second-order valence-corrected chi connectivity index (χ2v) is 5.38. The molecule has 0 aromatic heterocycles. The minimum Gasteiger partial charge on any atom is -0.327 e. The second-order valence-electron chi connectivity index (χ2n) is 4.53. The van der Waals surface area contributed by atoms with Crippen LogP contribution in [0.4, 0.5) is 4.39 Å². The number of nitrogens with two attached hydrogens (primary N) is 1. The molecule has 1 nitrogen and oxygen atoms in total. The molecule has 0 amide bonds. The summed E-state index contributed by atoms with van der Waals surface area (Å²) in [5, 5.41) is 1.22. The zero-order valence-electron chi connectivity index (χ0n) is 10.2. The Bertz CT molecular complexity index is 572. The maximum absolute atomic E-state index is 13.1. The zero-order valence-corrected chi connectivity index (χ0v) is 11.8. The van der Waals surface area contributed by atoms with Crippen molar-refractivity contribution in [3.63, 3.8) is 0 Å². The lowest BCUT2D eigenvalue weighted by molar-refractivity contribution is 0.618. The van der Waals surface area contributed by atoms with E-state index >= 15 is 0 Å². The molecule has 0 aliphatic carbocycles. The average Bonchev–Trinajstić information content (AvgIpc) is 2.33. The van der Waals surface area contributed by atoms with E-state index in [2.05, 4.69) is 0 Å². The van der Waals surface area contributed by atoms with E-state index in [1.165, 1.54) is 12.1 Å². The third kappa shape index (κ3) is 4.20. The Kier molecular flexibility index (Phi) is 4.81. The Morgan fingerprint density at radius 3 is 2.53 bits per heavy atom. The van der Waals surface area contributed by atoms with Crippen molar-refractivity contribution in [3.8, 4) is 0 Å². The first-order valence-electron chi connectivity index (χ1n) is 5.98. The van der Waals surface area contributed by atoms with Crippen LogP contribution in [0.1, 0.15) is 11.1 Å². The maximum atomic E-state index is 13.1. The van der Waals surface area contributed by atoms with Gasteiger partial charge in [0.25, 0.3) is 0 Å². The highest BCUT2D eigenvalue weighted by atomic mass is 35.5. The zero-order chi connectivity index (χ0) is 13.8. The Morgan fingerprint density at radius 2 is 1.84 bits per heavy atom. The summed E-state index contributed by atoms with van der Waals surface area (Å²) in [7, 11) is 0. The minimum absolute atomic E-state index is 0.111. The summed E-state index contributed by atoms with van der Waals surface area (Å²) in [4.78, 5) is 0. The second kappa shape index (κ2) is 6.38. The monoisotopic (exact) mass is 297 g/mol. The summed E-state index contributed by atoms with van der Waals surface area (Å²) in [6.45, 7) is 0. The number of hydrogen-bond donors (Lipinski definition) is 1. The number of benzene rings is 2. The van der Waals surface area contributed by atoms with Gasteiger partial charge in [0.15, 0.2) is 0 Å². The summed E-state index contributed by atoms with van der Waals surface area (Å²) in [6.07, 6.45) is 1.24. The number of hydrogen-bond acceptors (Lipinski definition) is 1. The van der Waals surface area contributed by atoms with Gasteiger partial charge >= 0.3 is 0 Å². The van der Waals surface area contributed by atoms with Gasteiger partial charge in [-0.25, -0.2) is 4.39 Å². The van der Waals surface area contributed by atoms with Gasteiger partial charge in [-0.05, 0) is 48.2 Å². The van der Waals surface area contributed by atoms with E-state index in [1.807, 2.05) is 12.1 Å². The average molecular weight is 298 g/mol. The Labute approximate surface area is 122 Å². The molecule has 0 saturated heterocycles. The lowest BCUT2D eigenvalue weighted by Gasteiger charge is -2.13. The molecule has 2 aromatic carbocycles. The first kappa shape index (κ1) is 14.3. The van der Waals surface area contributed by atoms with E-state index in [0.29, 0.717) is 22.9 Å². The fourth-order valence-corrected chi connectivity index (χ4v) is 2.49. The highest BCUT2D eigenvalue weighted by molar-refractivity contribution is 6.35. The fourth-order valence-electron chi connectivity index (χ4n) is 2.01. The molecule has 0 aliphatic rings. The van der Waals surface area contributed by atoms with E-state index in [0.717, 1.165) is 11.1 Å². The van der Waals surface area contributed by atoms with Crippen molar-refractivity contribution in [2.45, 2.75) is 18.9 Å². The third-order valence-corrected chi connectivity index (χ3v) is 3.47. The van der Waals surface area contributed by atoms with Crippen LogP contribution in [0.3, 0.4) is 0 Å². The first-order chi connectivity index (χ1) is 9.04. The predicted octanol–water partition coefficient (Wildman–Crippen LogP) is 4.25. The first-order valence-corrected chi connectivity index (χ1v) is 6.74. The molecule has 0 aliphatic heterocycles. The van der Waals surface area contributed by atoms with Gasteiger partial charge in [-0.15, -0.1) is 0 Å². The van der Waals surface area contributed by atoms with Crippen LogP contribution in [0.15, 0.2) is 42.5 Å². The van der Waals surface area contributed by atoms with Crippen molar-refractivity contribution < 1.29 is 4.39 Å². The van der Waals surface area contributed by atoms with Crippen molar-refractivity contribution >= 4 is 23.2 Å². The Balaban J connectivity index is 2.03. The van der Waals surface area contributed by atoms with Crippen molar-refractivity contribution in [2.75, 3.05) is 0 Å². The van der Waals surface area contributed by atoms with E-state index in [9.17, 15) is 4.39 Å². The van der Waals surface area contributed by atoms with Crippen molar-refractivity contribution in [2.24, 2.45) is 5.73 Å². The molecule has 2 N–H and O–H groups in total. The van der Waals surface area contributed by atoms with E-state index in [4.69, 9.17) is 28.9 Å². The molecule has 0 bridgehead atoms. The van der Waals surface area contributed by atoms with E-state index in [1.54, 1.807) is 18.2 Å². The third-order valence-electron chi connectivity index (χ3n) is 2.88. The summed E-state index contributed by atoms with van der Waals surface area (Å²) in [5.41, 5.74) is 7.92. The van der Waals surface area contributed by atoms with Gasteiger partial charge in [-0.2, -0.15) is 0 Å². The summed E-state index contributed by atoms with van der Waals surface area (Å²) in [5.74, 6) is -0.241. The topological polar surface area (TPSA) is 26.0 Å². The largest absolute Gasteiger partial charge is 0.327 e. The standard InChI is InChI=1S/C15H14Cl2FN/c16-12-5-4-11(15(17)9-12)8-14(19)7-10-2-1-3-13(18)6-10/h1-6,9,14H,7-8,19H2. The maximum Gasteiger partial charge on any atom is 0.123 e. The lowest BCUT2D eigenvalue weighted by atomic mass is 10.00. The normalized spacial score (nSPS) is 12.4. The quantitative estimate of drug-likeness (QED) is 0.897. The molecule has 0 saturated carbocycles. The molecule has 0 heterocycles. The van der Waals surface area contributed by atoms with Crippen molar-refractivity contribution in [1.82, 2.24) is 0 Å². The molecule has 2 aromatic rings. The van der Waals surface area contributed by atoms with Crippen molar-refractivity contribution in [1.29, 1.82) is 0 Å². The van der Waals surface area contributed by atoms with E-state index in [-0.39, 0.29) is 11.9 Å². The molecule has 4 heteroatoms. The molecule has 0 fully saturated rings. The van der Waals surface area contributed by atoms with Crippen LogP contribution in [-0.2, 0) is 12.8 Å². The molecule has 0 spiro atoms. The Hall–Kier alpha value is -1.09. The van der Waals surface area contributed by atoms with Crippen LogP contribution in [-0.4, -0.2) is 6.04 Å². The van der Waals surface area contributed by atoms with Gasteiger partial charge in [0.2, 0.25) is 0 Å². The van der Waals surface area contributed by atoms with Crippen LogP contribution in [0.5, 0.6) is 0 Å². The van der Waals surface area contributed by atoms with Gasteiger partial charge in [0.1, 0.15) is 5.82 Å². The highest BCUT2D eigenvalue weighted by Gasteiger charge is 2.09. The van der Waals surface area contributed by atoms with Gasteiger partial charge in [-0.1, -0.05) is 41.4 Å². The number of rotatable bonds is 4. The molecular weight excluding hydrogens is 284 g/mol. The fraction of sp³-hybridized carbons (Fsp3) is 0.200. The van der Waals surface area contributed by atoms with Gasteiger partial charge in [-0.3, -0.25) is 0 Å². The van der Waals surface area contributed by atoms with Crippen molar-refractivity contribution in [3.05, 3.63) is 69.5 Å². The van der Waals surface area contributed by atoms with Crippen LogP contribution in [0, 0.1) is 5.82 Å². The molecule has 0 radical (unpaired) electrons. The molecule has 100 valence electrons.